The van der Waals surface area contributed by atoms with Crippen LogP contribution >= 0.6 is 24.8 Å². The summed E-state index contributed by atoms with van der Waals surface area (Å²) in [5.74, 6) is -1.30. The largest absolute Gasteiger partial charge is 0.449 e. The minimum Gasteiger partial charge on any atom is -0.320 e. The van der Waals surface area contributed by atoms with E-state index in [1.165, 1.54) is 28.8 Å². The Balaban J connectivity index is 0.00000132. The van der Waals surface area contributed by atoms with Crippen LogP contribution in [-0.4, -0.2) is 16.1 Å². The van der Waals surface area contributed by atoms with Crippen LogP contribution in [0.5, 0.6) is 0 Å². The van der Waals surface area contributed by atoms with Crippen LogP contribution in [0.2, 0.25) is 0 Å². The van der Waals surface area contributed by atoms with Gasteiger partial charge in [-0.3, -0.25) is 0 Å². The number of aromatic nitrogens is 2. The monoisotopic (exact) mass is 371 g/mol. The topological polar surface area (TPSA) is 29.9 Å². The normalized spacial score (nSPS) is 13.7. The molecule has 1 N–H and O–H groups in total. The van der Waals surface area contributed by atoms with Crippen molar-refractivity contribution in [1.29, 1.82) is 0 Å². The Morgan fingerprint density at radius 3 is 2.39 bits per heavy atom. The van der Waals surface area contributed by atoms with Crippen LogP contribution in [0.3, 0.4) is 0 Å². The third-order valence-corrected chi connectivity index (χ3v) is 3.49. The Labute approximate surface area is 142 Å². The zero-order valence-electron chi connectivity index (χ0n) is 11.9. The zero-order chi connectivity index (χ0) is 15.0. The molecule has 0 atom stereocenters. The Morgan fingerprint density at radius 1 is 1.13 bits per heavy atom. The highest BCUT2D eigenvalue weighted by Gasteiger charge is 2.39. The second-order valence-corrected chi connectivity index (χ2v) is 4.97. The maximum absolute atomic E-state index is 13.1. The molecule has 1 aromatic carbocycles. The van der Waals surface area contributed by atoms with E-state index in [2.05, 4.69) is 10.3 Å². The average molecular weight is 372 g/mol. The Morgan fingerprint density at radius 2 is 1.78 bits per heavy atom. The SMILES string of the molecule is Cl.Cl.Fc1ccc(Cn2c(C(F)(F)F)nc3c2CCNC3)cc1. The van der Waals surface area contributed by atoms with Gasteiger partial charge < -0.3 is 9.88 Å². The summed E-state index contributed by atoms with van der Waals surface area (Å²) in [5.41, 5.74) is 1.65. The van der Waals surface area contributed by atoms with Crippen LogP contribution in [0.4, 0.5) is 17.6 Å². The van der Waals surface area contributed by atoms with Gasteiger partial charge in [-0.2, -0.15) is 13.2 Å². The van der Waals surface area contributed by atoms with Crippen LogP contribution in [0, 0.1) is 5.82 Å². The Kier molecular flexibility index (Phi) is 6.44. The van der Waals surface area contributed by atoms with Crippen molar-refractivity contribution >= 4 is 24.8 Å². The summed E-state index contributed by atoms with van der Waals surface area (Å²) >= 11 is 0. The van der Waals surface area contributed by atoms with Crippen molar-refractivity contribution < 1.29 is 17.6 Å². The number of halogens is 6. The zero-order valence-corrected chi connectivity index (χ0v) is 13.5. The lowest BCUT2D eigenvalue weighted by atomic mass is 10.1. The van der Waals surface area contributed by atoms with Crippen LogP contribution < -0.4 is 5.32 Å². The highest BCUT2D eigenvalue weighted by molar-refractivity contribution is 5.85. The number of imidazole rings is 1. The summed E-state index contributed by atoms with van der Waals surface area (Å²) in [4.78, 5) is 3.74. The number of nitrogens with one attached hydrogen (secondary N) is 1. The standard InChI is InChI=1S/C14H13F4N3.2ClH/c15-10-3-1-9(2-4-10)8-21-12-5-6-19-7-11(12)20-13(21)14(16,17)18;;/h1-4,19H,5-8H2;2*1H. The first-order chi connectivity index (χ1) is 9.95. The molecule has 0 saturated heterocycles. The van der Waals surface area contributed by atoms with Gasteiger partial charge in [-0.25, -0.2) is 9.37 Å². The maximum atomic E-state index is 13.1. The first kappa shape index (κ1) is 19.7. The lowest BCUT2D eigenvalue weighted by Crippen LogP contribution is -2.25. The van der Waals surface area contributed by atoms with E-state index in [1.54, 1.807) is 0 Å². The van der Waals surface area contributed by atoms with Crippen molar-refractivity contribution in [2.24, 2.45) is 0 Å². The lowest BCUT2D eigenvalue weighted by Gasteiger charge is -2.17. The fourth-order valence-electron chi connectivity index (χ4n) is 2.53. The Hall–Kier alpha value is -1.31. The van der Waals surface area contributed by atoms with Crippen LogP contribution in [0.15, 0.2) is 24.3 Å². The number of hydrogen-bond donors (Lipinski definition) is 1. The third-order valence-electron chi connectivity index (χ3n) is 3.49. The summed E-state index contributed by atoms with van der Waals surface area (Å²) in [7, 11) is 0. The third kappa shape index (κ3) is 4.16. The summed E-state index contributed by atoms with van der Waals surface area (Å²) < 4.78 is 53.5. The second-order valence-electron chi connectivity index (χ2n) is 4.97. The molecule has 0 spiro atoms. The molecule has 1 aliphatic rings. The van der Waals surface area contributed by atoms with Gasteiger partial charge in [0.25, 0.3) is 0 Å². The molecule has 3 rings (SSSR count). The molecular formula is C14H15Cl2F4N3. The molecule has 3 nitrogen and oxygen atoms in total. The van der Waals surface area contributed by atoms with E-state index in [0.29, 0.717) is 36.5 Å². The fourth-order valence-corrected chi connectivity index (χ4v) is 2.53. The van der Waals surface area contributed by atoms with Crippen LogP contribution in [0.25, 0.3) is 0 Å². The first-order valence-corrected chi connectivity index (χ1v) is 6.56. The Bertz CT molecular complexity index is 653. The molecule has 128 valence electrons. The van der Waals surface area contributed by atoms with E-state index in [9.17, 15) is 17.6 Å². The van der Waals surface area contributed by atoms with E-state index < -0.39 is 17.8 Å². The minimum atomic E-state index is -4.50. The van der Waals surface area contributed by atoms with Crippen molar-refractivity contribution in [3.8, 4) is 0 Å². The van der Waals surface area contributed by atoms with Gasteiger partial charge >= 0.3 is 6.18 Å². The van der Waals surface area contributed by atoms with Crippen LogP contribution in [0.1, 0.15) is 22.8 Å². The molecule has 1 aliphatic heterocycles. The van der Waals surface area contributed by atoms with Gasteiger partial charge in [-0.1, -0.05) is 12.1 Å². The van der Waals surface area contributed by atoms with Crippen molar-refractivity contribution in [3.05, 3.63) is 52.9 Å². The van der Waals surface area contributed by atoms with Gasteiger partial charge in [0.05, 0.1) is 5.69 Å². The van der Waals surface area contributed by atoms with Crippen molar-refractivity contribution in [2.45, 2.75) is 25.7 Å². The molecule has 0 amide bonds. The molecule has 2 heterocycles. The number of nitrogens with zero attached hydrogens (tertiary/aromatic N) is 2. The van der Waals surface area contributed by atoms with Gasteiger partial charge in [0.2, 0.25) is 5.82 Å². The number of benzene rings is 1. The highest BCUT2D eigenvalue weighted by atomic mass is 35.5. The summed E-state index contributed by atoms with van der Waals surface area (Å²) in [6.45, 7) is 1.01. The second kappa shape index (κ2) is 7.51. The van der Waals surface area contributed by atoms with E-state index >= 15 is 0 Å². The van der Waals surface area contributed by atoms with Crippen molar-refractivity contribution in [2.75, 3.05) is 6.54 Å². The molecule has 9 heteroatoms. The van der Waals surface area contributed by atoms with Gasteiger partial charge in [0.1, 0.15) is 5.82 Å². The van der Waals surface area contributed by atoms with Gasteiger partial charge in [0, 0.05) is 31.7 Å². The van der Waals surface area contributed by atoms with Crippen LogP contribution in [-0.2, 0) is 25.7 Å². The summed E-state index contributed by atoms with van der Waals surface area (Å²) in [5, 5.41) is 3.01. The smallest absolute Gasteiger partial charge is 0.320 e. The molecular weight excluding hydrogens is 357 g/mol. The lowest BCUT2D eigenvalue weighted by molar-refractivity contribution is -0.147. The van der Waals surface area contributed by atoms with E-state index in [0.717, 1.165) is 0 Å². The predicted molar refractivity (Wildman–Crippen MR) is 82.6 cm³/mol. The number of hydrogen-bond acceptors (Lipinski definition) is 2. The number of rotatable bonds is 2. The summed E-state index contributed by atoms with van der Waals surface area (Å²) in [6.07, 6.45) is -4.00. The van der Waals surface area contributed by atoms with E-state index in [1.807, 2.05) is 0 Å². The van der Waals surface area contributed by atoms with Gasteiger partial charge in [-0.15, -0.1) is 24.8 Å². The van der Waals surface area contributed by atoms with Gasteiger partial charge in [-0.05, 0) is 17.7 Å². The molecule has 1 aromatic heterocycles. The van der Waals surface area contributed by atoms with E-state index in [4.69, 9.17) is 0 Å². The number of alkyl halides is 3. The molecule has 23 heavy (non-hydrogen) atoms. The fraction of sp³-hybridized carbons (Fsp3) is 0.357. The van der Waals surface area contributed by atoms with Crippen molar-refractivity contribution in [3.63, 3.8) is 0 Å². The summed E-state index contributed by atoms with van der Waals surface area (Å²) in [6, 6.07) is 5.47. The predicted octanol–water partition coefficient (Wildman–Crippen LogP) is 3.58. The maximum Gasteiger partial charge on any atom is 0.449 e. The van der Waals surface area contributed by atoms with Crippen molar-refractivity contribution in [1.82, 2.24) is 14.9 Å². The molecule has 0 radical (unpaired) electrons. The molecule has 2 aromatic rings. The first-order valence-electron chi connectivity index (χ1n) is 6.56. The quantitative estimate of drug-likeness (QED) is 0.817. The molecule has 0 fully saturated rings. The van der Waals surface area contributed by atoms with Gasteiger partial charge in [0.15, 0.2) is 0 Å². The molecule has 0 unspecified atom stereocenters. The minimum absolute atomic E-state index is 0. The average Bonchev–Trinajstić information content (AvgIpc) is 2.81. The number of fused-ring (bicyclic) bond motifs is 1. The molecule has 0 saturated carbocycles. The molecule has 0 aliphatic carbocycles. The molecule has 0 bridgehead atoms. The van der Waals surface area contributed by atoms with E-state index in [-0.39, 0.29) is 31.4 Å². The highest BCUT2D eigenvalue weighted by Crippen LogP contribution is 2.31.